The third-order valence-electron chi connectivity index (χ3n) is 2.86. The van der Waals surface area contributed by atoms with E-state index in [1.807, 2.05) is 32.0 Å². The molecule has 1 aromatic carbocycles. The number of benzene rings is 1. The largest absolute Gasteiger partial charge is 0.465 e. The van der Waals surface area contributed by atoms with Crippen molar-refractivity contribution in [2.45, 2.75) is 13.8 Å². The van der Waals surface area contributed by atoms with Crippen molar-refractivity contribution >= 4 is 11.8 Å². The molecule has 5 heteroatoms. The standard InChI is InChI=1S/C14H15N3O2/c1-8-4-5-9(2)10(6-8)13-16-7-11(12(15)17-13)14(18)19-3/h4-7H,1-3H3,(H2,15,16,17). The highest BCUT2D eigenvalue weighted by atomic mass is 16.5. The van der Waals surface area contributed by atoms with E-state index < -0.39 is 5.97 Å². The fourth-order valence-electron chi connectivity index (χ4n) is 1.77. The van der Waals surface area contributed by atoms with E-state index in [0.29, 0.717) is 5.82 Å². The maximum absolute atomic E-state index is 11.4. The van der Waals surface area contributed by atoms with Crippen molar-refractivity contribution in [3.63, 3.8) is 0 Å². The van der Waals surface area contributed by atoms with Gasteiger partial charge >= 0.3 is 5.97 Å². The lowest BCUT2D eigenvalue weighted by Crippen LogP contribution is -2.09. The van der Waals surface area contributed by atoms with Crippen LogP contribution in [-0.2, 0) is 4.74 Å². The summed E-state index contributed by atoms with van der Waals surface area (Å²) < 4.78 is 4.61. The Balaban J connectivity index is 2.50. The number of hydrogen-bond donors (Lipinski definition) is 1. The molecule has 1 aromatic heterocycles. The lowest BCUT2D eigenvalue weighted by Gasteiger charge is -2.08. The molecular weight excluding hydrogens is 242 g/mol. The lowest BCUT2D eigenvalue weighted by atomic mass is 10.1. The van der Waals surface area contributed by atoms with Crippen LogP contribution in [0.2, 0.25) is 0 Å². The topological polar surface area (TPSA) is 78.1 Å². The highest BCUT2D eigenvalue weighted by molar-refractivity contribution is 5.93. The number of nitrogen functional groups attached to an aromatic ring is 1. The Morgan fingerprint density at radius 1 is 1.32 bits per heavy atom. The molecule has 0 saturated heterocycles. The minimum Gasteiger partial charge on any atom is -0.465 e. The molecule has 0 saturated carbocycles. The van der Waals surface area contributed by atoms with Crippen molar-refractivity contribution < 1.29 is 9.53 Å². The number of aromatic nitrogens is 2. The second kappa shape index (κ2) is 5.06. The minimum absolute atomic E-state index is 0.123. The Labute approximate surface area is 111 Å². The summed E-state index contributed by atoms with van der Waals surface area (Å²) in [6.07, 6.45) is 1.39. The van der Waals surface area contributed by atoms with E-state index in [2.05, 4.69) is 14.7 Å². The first-order chi connectivity index (χ1) is 9.02. The fraction of sp³-hybridized carbons (Fsp3) is 0.214. The number of nitrogens with zero attached hydrogens (tertiary/aromatic N) is 2. The number of ether oxygens (including phenoxy) is 1. The van der Waals surface area contributed by atoms with Gasteiger partial charge in [0.15, 0.2) is 5.82 Å². The Bertz CT molecular complexity index is 639. The summed E-state index contributed by atoms with van der Waals surface area (Å²) in [7, 11) is 1.29. The molecule has 0 aliphatic rings. The van der Waals surface area contributed by atoms with Gasteiger partial charge in [0, 0.05) is 11.8 Å². The Hall–Kier alpha value is -2.43. The number of nitrogens with two attached hydrogens (primary N) is 1. The van der Waals surface area contributed by atoms with Crippen molar-refractivity contribution in [1.82, 2.24) is 9.97 Å². The molecule has 2 aromatic rings. The number of methoxy groups -OCH3 is 1. The molecule has 0 radical (unpaired) electrons. The van der Waals surface area contributed by atoms with E-state index >= 15 is 0 Å². The van der Waals surface area contributed by atoms with Crippen LogP contribution < -0.4 is 5.73 Å². The molecule has 5 nitrogen and oxygen atoms in total. The predicted molar refractivity (Wildman–Crippen MR) is 72.7 cm³/mol. The molecule has 0 spiro atoms. The molecule has 0 bridgehead atoms. The summed E-state index contributed by atoms with van der Waals surface area (Å²) in [6, 6.07) is 6.01. The highest BCUT2D eigenvalue weighted by Gasteiger charge is 2.14. The molecule has 19 heavy (non-hydrogen) atoms. The molecule has 0 amide bonds. The average molecular weight is 257 g/mol. The quantitative estimate of drug-likeness (QED) is 0.834. The summed E-state index contributed by atoms with van der Waals surface area (Å²) >= 11 is 0. The number of esters is 1. The second-order valence-electron chi connectivity index (χ2n) is 4.30. The third kappa shape index (κ3) is 2.54. The fourth-order valence-corrected chi connectivity index (χ4v) is 1.77. The monoisotopic (exact) mass is 257 g/mol. The molecule has 0 atom stereocenters. The van der Waals surface area contributed by atoms with Crippen molar-refractivity contribution in [2.24, 2.45) is 0 Å². The van der Waals surface area contributed by atoms with E-state index in [0.717, 1.165) is 16.7 Å². The van der Waals surface area contributed by atoms with Gasteiger partial charge in [0.25, 0.3) is 0 Å². The van der Waals surface area contributed by atoms with Gasteiger partial charge in [-0.1, -0.05) is 17.7 Å². The van der Waals surface area contributed by atoms with E-state index in [-0.39, 0.29) is 11.4 Å². The second-order valence-corrected chi connectivity index (χ2v) is 4.30. The number of anilines is 1. The van der Waals surface area contributed by atoms with Crippen LogP contribution in [-0.4, -0.2) is 23.0 Å². The average Bonchev–Trinajstić information content (AvgIpc) is 2.40. The van der Waals surface area contributed by atoms with Gasteiger partial charge in [0.1, 0.15) is 11.4 Å². The molecule has 2 rings (SSSR count). The van der Waals surface area contributed by atoms with Gasteiger partial charge in [-0.3, -0.25) is 0 Å². The summed E-state index contributed by atoms with van der Waals surface area (Å²) in [5.41, 5.74) is 9.02. The number of carbonyl (C=O) groups is 1. The van der Waals surface area contributed by atoms with Gasteiger partial charge in [-0.05, 0) is 25.5 Å². The molecule has 1 heterocycles. The van der Waals surface area contributed by atoms with Crippen LogP contribution in [0.5, 0.6) is 0 Å². The van der Waals surface area contributed by atoms with E-state index in [1.165, 1.54) is 13.3 Å². The van der Waals surface area contributed by atoms with Crippen molar-refractivity contribution in [1.29, 1.82) is 0 Å². The van der Waals surface area contributed by atoms with E-state index in [9.17, 15) is 4.79 Å². The molecule has 0 aliphatic heterocycles. The Morgan fingerprint density at radius 2 is 2.05 bits per heavy atom. The number of aryl methyl sites for hydroxylation is 2. The summed E-state index contributed by atoms with van der Waals surface area (Å²) in [4.78, 5) is 19.8. The van der Waals surface area contributed by atoms with Crippen LogP contribution >= 0.6 is 0 Å². The van der Waals surface area contributed by atoms with Gasteiger partial charge in [0.05, 0.1) is 7.11 Å². The summed E-state index contributed by atoms with van der Waals surface area (Å²) in [5, 5.41) is 0. The normalized spacial score (nSPS) is 10.3. The van der Waals surface area contributed by atoms with Crippen molar-refractivity contribution in [3.05, 3.63) is 41.1 Å². The first-order valence-corrected chi connectivity index (χ1v) is 5.81. The maximum Gasteiger partial charge on any atom is 0.343 e. The zero-order valence-corrected chi connectivity index (χ0v) is 11.1. The van der Waals surface area contributed by atoms with Crippen LogP contribution in [0.15, 0.2) is 24.4 Å². The number of hydrogen-bond acceptors (Lipinski definition) is 5. The first-order valence-electron chi connectivity index (χ1n) is 5.81. The van der Waals surface area contributed by atoms with Crippen molar-refractivity contribution in [3.8, 4) is 11.4 Å². The van der Waals surface area contributed by atoms with Gasteiger partial charge in [-0.2, -0.15) is 0 Å². The van der Waals surface area contributed by atoms with E-state index in [4.69, 9.17) is 5.73 Å². The van der Waals surface area contributed by atoms with Gasteiger partial charge < -0.3 is 10.5 Å². The Kier molecular flexibility index (Phi) is 3.46. The van der Waals surface area contributed by atoms with E-state index in [1.54, 1.807) is 0 Å². The number of carbonyl (C=O) groups excluding carboxylic acids is 1. The molecule has 98 valence electrons. The van der Waals surface area contributed by atoms with Gasteiger partial charge in [-0.25, -0.2) is 14.8 Å². The molecule has 0 unspecified atom stereocenters. The van der Waals surface area contributed by atoms with Crippen LogP contribution in [0, 0.1) is 13.8 Å². The van der Waals surface area contributed by atoms with Crippen LogP contribution in [0.4, 0.5) is 5.82 Å². The van der Waals surface area contributed by atoms with Crippen molar-refractivity contribution in [2.75, 3.05) is 12.8 Å². The molecular formula is C14H15N3O2. The SMILES string of the molecule is COC(=O)c1cnc(-c2cc(C)ccc2C)nc1N. The zero-order chi connectivity index (χ0) is 14.0. The molecule has 0 aliphatic carbocycles. The predicted octanol–water partition coefficient (Wildman–Crippen LogP) is 2.13. The smallest absolute Gasteiger partial charge is 0.343 e. The minimum atomic E-state index is -0.537. The molecule has 0 fully saturated rings. The van der Waals surface area contributed by atoms with Crippen LogP contribution in [0.1, 0.15) is 21.5 Å². The molecule has 2 N–H and O–H groups in total. The number of rotatable bonds is 2. The summed E-state index contributed by atoms with van der Waals surface area (Å²) in [6.45, 7) is 3.97. The zero-order valence-electron chi connectivity index (χ0n) is 11.1. The third-order valence-corrected chi connectivity index (χ3v) is 2.86. The maximum atomic E-state index is 11.4. The van der Waals surface area contributed by atoms with Crippen LogP contribution in [0.3, 0.4) is 0 Å². The highest BCUT2D eigenvalue weighted by Crippen LogP contribution is 2.22. The van der Waals surface area contributed by atoms with Gasteiger partial charge in [-0.15, -0.1) is 0 Å². The van der Waals surface area contributed by atoms with Crippen LogP contribution in [0.25, 0.3) is 11.4 Å². The lowest BCUT2D eigenvalue weighted by molar-refractivity contribution is 0.0601. The Morgan fingerprint density at radius 3 is 2.68 bits per heavy atom. The first kappa shape index (κ1) is 13.0. The van der Waals surface area contributed by atoms with Gasteiger partial charge in [0.2, 0.25) is 0 Å². The summed E-state index contributed by atoms with van der Waals surface area (Å²) in [5.74, 6) is 0.0918.